The Kier molecular flexibility index (Phi) is 5.19. The van der Waals surface area contributed by atoms with Crippen molar-refractivity contribution >= 4 is 28.3 Å². The Labute approximate surface area is 195 Å². The summed E-state index contributed by atoms with van der Waals surface area (Å²) < 4.78 is 7.61. The number of benzene rings is 2. The lowest BCUT2D eigenvalue weighted by atomic mass is 10.1. The molecule has 3 heterocycles. The number of ether oxygens (including phenoxy) is 1. The van der Waals surface area contributed by atoms with Gasteiger partial charge in [0.2, 0.25) is 5.88 Å². The van der Waals surface area contributed by atoms with Crippen LogP contribution in [0.3, 0.4) is 0 Å². The third kappa shape index (κ3) is 3.82. The molecular weight excluding hydrogens is 426 g/mol. The molecule has 0 bridgehead atoms. The van der Waals surface area contributed by atoms with Gasteiger partial charge in [0.25, 0.3) is 5.56 Å². The maximum atomic E-state index is 13.5. The van der Waals surface area contributed by atoms with Crippen molar-refractivity contribution in [3.05, 3.63) is 99.2 Å². The summed E-state index contributed by atoms with van der Waals surface area (Å²) in [5, 5.41) is 9.92. The first kappa shape index (κ1) is 21.2. The molecule has 0 saturated heterocycles. The number of fused-ring (bicyclic) bond motifs is 2. The number of rotatable bonds is 4. The Morgan fingerprint density at radius 2 is 1.82 bits per heavy atom. The molecule has 0 unspecified atom stereocenters. The third-order valence-corrected chi connectivity index (χ3v) is 5.51. The standard InChI is InChI=1S/C27H21N5O2/c1-16-11-17(2)13-20(12-16)34-26-21(27(33)32-10-6-7-18(3)25(32)31-26)14-19(15-28)24-29-22-8-4-5-9-23(22)30-24/h4-14H,1-3H3,(H,29,30). The molecule has 0 aliphatic rings. The van der Waals surface area contributed by atoms with Gasteiger partial charge in [-0.15, -0.1) is 0 Å². The van der Waals surface area contributed by atoms with E-state index in [9.17, 15) is 10.1 Å². The minimum Gasteiger partial charge on any atom is -0.438 e. The highest BCUT2D eigenvalue weighted by Gasteiger charge is 2.17. The van der Waals surface area contributed by atoms with Crippen molar-refractivity contribution in [2.75, 3.05) is 0 Å². The largest absolute Gasteiger partial charge is 0.438 e. The molecule has 2 aromatic carbocycles. The van der Waals surface area contributed by atoms with E-state index in [0.29, 0.717) is 17.2 Å². The fraction of sp³-hybridized carbons (Fsp3) is 0.111. The van der Waals surface area contributed by atoms with Gasteiger partial charge in [-0.3, -0.25) is 9.20 Å². The van der Waals surface area contributed by atoms with E-state index in [1.54, 1.807) is 12.3 Å². The lowest BCUT2D eigenvalue weighted by molar-refractivity contribution is 0.460. The van der Waals surface area contributed by atoms with Crippen molar-refractivity contribution in [2.45, 2.75) is 20.8 Å². The highest BCUT2D eigenvalue weighted by Crippen LogP contribution is 2.28. The van der Waals surface area contributed by atoms with Gasteiger partial charge in [-0.25, -0.2) is 4.98 Å². The average Bonchev–Trinajstić information content (AvgIpc) is 3.23. The zero-order valence-electron chi connectivity index (χ0n) is 19.0. The zero-order chi connectivity index (χ0) is 23.8. The van der Waals surface area contributed by atoms with Gasteiger partial charge in [-0.1, -0.05) is 24.3 Å². The van der Waals surface area contributed by atoms with E-state index in [2.05, 4.69) is 21.0 Å². The maximum absolute atomic E-state index is 13.5. The van der Waals surface area contributed by atoms with E-state index in [-0.39, 0.29) is 22.6 Å². The lowest BCUT2D eigenvalue weighted by Gasteiger charge is -2.12. The molecule has 0 aliphatic heterocycles. The van der Waals surface area contributed by atoms with Crippen molar-refractivity contribution in [1.82, 2.24) is 19.4 Å². The van der Waals surface area contributed by atoms with Gasteiger partial charge in [0.05, 0.1) is 16.6 Å². The Balaban J connectivity index is 1.74. The van der Waals surface area contributed by atoms with Crippen molar-refractivity contribution in [3.63, 3.8) is 0 Å². The van der Waals surface area contributed by atoms with Crippen LogP contribution in [0.1, 0.15) is 28.1 Å². The molecule has 0 amide bonds. The van der Waals surface area contributed by atoms with E-state index in [0.717, 1.165) is 27.7 Å². The Morgan fingerprint density at radius 1 is 1.06 bits per heavy atom. The molecule has 7 nitrogen and oxygen atoms in total. The molecule has 7 heteroatoms. The fourth-order valence-corrected chi connectivity index (χ4v) is 3.98. The summed E-state index contributed by atoms with van der Waals surface area (Å²) in [6, 6.07) is 19.1. The van der Waals surface area contributed by atoms with Crippen LogP contribution in [0.5, 0.6) is 11.6 Å². The molecule has 0 aliphatic carbocycles. The second-order valence-corrected chi connectivity index (χ2v) is 8.22. The molecule has 5 rings (SSSR count). The van der Waals surface area contributed by atoms with Crippen molar-refractivity contribution < 1.29 is 4.74 Å². The number of allylic oxidation sites excluding steroid dienone is 1. The predicted octanol–water partition coefficient (Wildman–Crippen LogP) is 5.35. The topological polar surface area (TPSA) is 96.1 Å². The quantitative estimate of drug-likeness (QED) is 0.375. The summed E-state index contributed by atoms with van der Waals surface area (Å²) in [5.41, 5.74) is 4.94. The monoisotopic (exact) mass is 447 g/mol. The van der Waals surface area contributed by atoms with Gasteiger partial charge in [-0.05, 0) is 73.9 Å². The van der Waals surface area contributed by atoms with Crippen LogP contribution >= 0.6 is 0 Å². The smallest absolute Gasteiger partial charge is 0.269 e. The molecule has 0 atom stereocenters. The van der Waals surface area contributed by atoms with Gasteiger partial charge < -0.3 is 9.72 Å². The number of para-hydroxylation sites is 2. The molecule has 3 aromatic heterocycles. The summed E-state index contributed by atoms with van der Waals surface area (Å²) in [4.78, 5) is 25.9. The summed E-state index contributed by atoms with van der Waals surface area (Å²) >= 11 is 0. The molecule has 166 valence electrons. The highest BCUT2D eigenvalue weighted by molar-refractivity contribution is 5.91. The maximum Gasteiger partial charge on any atom is 0.269 e. The van der Waals surface area contributed by atoms with Crippen LogP contribution in [0.2, 0.25) is 0 Å². The van der Waals surface area contributed by atoms with E-state index in [4.69, 9.17) is 4.74 Å². The number of hydrogen-bond acceptors (Lipinski definition) is 5. The van der Waals surface area contributed by atoms with Gasteiger partial charge in [0, 0.05) is 6.20 Å². The van der Waals surface area contributed by atoms with Crippen LogP contribution < -0.4 is 10.3 Å². The second-order valence-electron chi connectivity index (χ2n) is 8.22. The van der Waals surface area contributed by atoms with Crippen LogP contribution in [0.4, 0.5) is 0 Å². The summed E-state index contributed by atoms with van der Waals surface area (Å²) in [5.74, 6) is 1.07. The normalized spacial score (nSPS) is 11.6. The van der Waals surface area contributed by atoms with E-state index in [1.165, 1.54) is 10.5 Å². The Hall–Kier alpha value is -4.70. The molecule has 0 saturated carbocycles. The van der Waals surface area contributed by atoms with Crippen LogP contribution in [0.15, 0.2) is 65.6 Å². The number of aromatic amines is 1. The lowest BCUT2D eigenvalue weighted by Crippen LogP contribution is -2.19. The highest BCUT2D eigenvalue weighted by atomic mass is 16.5. The Morgan fingerprint density at radius 3 is 2.56 bits per heavy atom. The molecular formula is C27H21N5O2. The van der Waals surface area contributed by atoms with Crippen LogP contribution in [0, 0.1) is 32.1 Å². The van der Waals surface area contributed by atoms with Gasteiger partial charge in [0.1, 0.15) is 28.9 Å². The van der Waals surface area contributed by atoms with Crippen molar-refractivity contribution in [2.24, 2.45) is 0 Å². The molecule has 34 heavy (non-hydrogen) atoms. The van der Waals surface area contributed by atoms with Gasteiger partial charge >= 0.3 is 0 Å². The number of aryl methyl sites for hydroxylation is 3. The summed E-state index contributed by atoms with van der Waals surface area (Å²) in [6.07, 6.45) is 3.14. The minimum absolute atomic E-state index is 0.133. The van der Waals surface area contributed by atoms with Gasteiger partial charge in [0.15, 0.2) is 0 Å². The van der Waals surface area contributed by atoms with Crippen LogP contribution in [-0.4, -0.2) is 19.4 Å². The van der Waals surface area contributed by atoms with Crippen LogP contribution in [-0.2, 0) is 0 Å². The van der Waals surface area contributed by atoms with E-state index < -0.39 is 0 Å². The fourth-order valence-electron chi connectivity index (χ4n) is 3.98. The molecule has 0 spiro atoms. The number of imidazole rings is 1. The summed E-state index contributed by atoms with van der Waals surface area (Å²) in [6.45, 7) is 5.83. The Bertz CT molecular complexity index is 1650. The zero-order valence-corrected chi connectivity index (χ0v) is 19.0. The number of H-pyrrole nitrogens is 1. The van der Waals surface area contributed by atoms with E-state index >= 15 is 0 Å². The number of aromatic nitrogens is 4. The van der Waals surface area contributed by atoms with Crippen LogP contribution in [0.25, 0.3) is 28.3 Å². The third-order valence-electron chi connectivity index (χ3n) is 5.51. The van der Waals surface area contributed by atoms with Crippen molar-refractivity contribution in [3.8, 4) is 17.7 Å². The molecule has 5 aromatic rings. The van der Waals surface area contributed by atoms with Crippen molar-refractivity contribution in [1.29, 1.82) is 5.26 Å². The number of nitrogens with one attached hydrogen (secondary N) is 1. The number of hydrogen-bond donors (Lipinski definition) is 1. The molecule has 0 fully saturated rings. The molecule has 0 radical (unpaired) electrons. The average molecular weight is 447 g/mol. The number of pyridine rings is 1. The molecule has 1 N–H and O–H groups in total. The number of nitrogens with zero attached hydrogens (tertiary/aromatic N) is 4. The number of nitriles is 1. The minimum atomic E-state index is -0.336. The first-order chi connectivity index (χ1) is 16.4. The van der Waals surface area contributed by atoms with E-state index in [1.807, 2.05) is 69.3 Å². The second kappa shape index (κ2) is 8.34. The van der Waals surface area contributed by atoms with Gasteiger partial charge in [-0.2, -0.15) is 10.2 Å². The summed E-state index contributed by atoms with van der Waals surface area (Å²) in [7, 11) is 0. The SMILES string of the molecule is Cc1cc(C)cc(Oc2nc3c(C)cccn3c(=O)c2C=C(C#N)c2nc3ccccc3[nH]2)c1. The predicted molar refractivity (Wildman–Crippen MR) is 132 cm³/mol. The first-order valence-corrected chi connectivity index (χ1v) is 10.8. The first-order valence-electron chi connectivity index (χ1n) is 10.8.